The smallest absolute Gasteiger partial charge is 0.170 e. The predicted molar refractivity (Wildman–Crippen MR) is 118 cm³/mol. The van der Waals surface area contributed by atoms with Gasteiger partial charge in [0, 0.05) is 24.5 Å². The molecule has 148 valence electrons. The molecule has 7 nitrogen and oxygen atoms in total. The third-order valence-corrected chi connectivity index (χ3v) is 5.03. The summed E-state index contributed by atoms with van der Waals surface area (Å²) in [5, 5.41) is 7.01. The van der Waals surface area contributed by atoms with Crippen LogP contribution in [0.1, 0.15) is 23.5 Å². The zero-order chi connectivity index (χ0) is 20.3. The third kappa shape index (κ3) is 4.17. The van der Waals surface area contributed by atoms with Gasteiger partial charge in [0.2, 0.25) is 0 Å². The highest BCUT2D eigenvalue weighted by Gasteiger charge is 2.15. The molecule has 2 heterocycles. The Kier molecular flexibility index (Phi) is 5.99. The molecule has 0 atom stereocenters. The zero-order valence-electron chi connectivity index (χ0n) is 16.7. The number of methoxy groups -OCH3 is 1. The lowest BCUT2D eigenvalue weighted by atomic mass is 10.2. The molecule has 0 spiro atoms. The second-order valence-corrected chi connectivity index (χ2v) is 7.09. The van der Waals surface area contributed by atoms with Crippen LogP contribution >= 0.6 is 12.2 Å². The number of rotatable bonds is 6. The number of nitrogen functional groups attached to an aromatic ring is 1. The number of imidazole rings is 1. The van der Waals surface area contributed by atoms with Gasteiger partial charge in [0.05, 0.1) is 12.6 Å². The summed E-state index contributed by atoms with van der Waals surface area (Å²) in [6, 6.07) is 7.64. The van der Waals surface area contributed by atoms with Crippen molar-refractivity contribution in [3.8, 4) is 5.75 Å². The summed E-state index contributed by atoms with van der Waals surface area (Å²) in [5.41, 5.74) is 10.9. The van der Waals surface area contributed by atoms with Gasteiger partial charge in [-0.1, -0.05) is 0 Å². The first-order valence-corrected chi connectivity index (χ1v) is 9.60. The number of nitrogens with one attached hydrogen (secondary N) is 2. The summed E-state index contributed by atoms with van der Waals surface area (Å²) in [6.45, 7) is 7.61. The van der Waals surface area contributed by atoms with Crippen molar-refractivity contribution in [2.24, 2.45) is 0 Å². The minimum atomic E-state index is 0.489. The van der Waals surface area contributed by atoms with E-state index in [-0.39, 0.29) is 0 Å². The Bertz CT molecular complexity index is 996. The first kappa shape index (κ1) is 19.9. The van der Waals surface area contributed by atoms with Gasteiger partial charge in [-0.15, -0.1) is 0 Å². The monoisotopic (exact) mass is 398 g/mol. The lowest BCUT2D eigenvalue weighted by molar-refractivity contribution is 0.415. The van der Waals surface area contributed by atoms with Crippen LogP contribution in [0.3, 0.4) is 0 Å². The lowest BCUT2D eigenvalue weighted by Crippen LogP contribution is -2.29. The van der Waals surface area contributed by atoms with Gasteiger partial charge in [-0.3, -0.25) is 0 Å². The number of aryl methyl sites for hydroxylation is 4. The highest BCUT2D eigenvalue weighted by atomic mass is 32.1. The highest BCUT2D eigenvalue weighted by molar-refractivity contribution is 7.80. The number of hydrogen-bond donors (Lipinski definition) is 3. The first-order valence-electron chi connectivity index (χ1n) is 9.19. The normalized spacial score (nSPS) is 10.9. The molecule has 8 heteroatoms. The number of aromatic nitrogens is 3. The molecule has 0 saturated carbocycles. The predicted octanol–water partition coefficient (Wildman–Crippen LogP) is 3.32. The molecule has 0 saturated heterocycles. The molecule has 0 aliphatic heterocycles. The maximum atomic E-state index is 6.06. The SMILES string of the molecule is COc1ccc(NC(=S)NCCCn2c(C)nc3c(N)nc(C)c(C)c32)cc1. The summed E-state index contributed by atoms with van der Waals surface area (Å²) in [7, 11) is 1.65. The van der Waals surface area contributed by atoms with Crippen LogP contribution in [0.4, 0.5) is 11.5 Å². The Balaban J connectivity index is 1.58. The fourth-order valence-corrected chi connectivity index (χ4v) is 3.39. The second-order valence-electron chi connectivity index (χ2n) is 6.68. The van der Waals surface area contributed by atoms with Gasteiger partial charge < -0.3 is 25.7 Å². The standard InChI is InChI=1S/C20H26N6OS/c1-12-13(2)23-19(21)17-18(12)26(14(3)24-17)11-5-10-22-20(28)25-15-6-8-16(27-4)9-7-15/h6-9H,5,10-11H2,1-4H3,(H2,21,23)(H2,22,25,28). The van der Waals surface area contributed by atoms with Crippen molar-refractivity contribution in [3.63, 3.8) is 0 Å². The van der Waals surface area contributed by atoms with Crippen LogP contribution in [0.25, 0.3) is 11.0 Å². The maximum absolute atomic E-state index is 6.06. The number of benzene rings is 1. The number of fused-ring (bicyclic) bond motifs is 1. The fraction of sp³-hybridized carbons (Fsp3) is 0.350. The number of nitrogens with two attached hydrogens (primary N) is 1. The molecule has 3 rings (SSSR count). The molecule has 0 unspecified atom stereocenters. The number of pyridine rings is 1. The van der Waals surface area contributed by atoms with Crippen LogP contribution in [0, 0.1) is 20.8 Å². The van der Waals surface area contributed by atoms with Crippen molar-refractivity contribution in [2.45, 2.75) is 33.7 Å². The zero-order valence-corrected chi connectivity index (χ0v) is 17.5. The van der Waals surface area contributed by atoms with E-state index in [2.05, 4.69) is 32.1 Å². The van der Waals surface area contributed by atoms with Gasteiger partial charge in [0.25, 0.3) is 0 Å². The van der Waals surface area contributed by atoms with Crippen molar-refractivity contribution >= 4 is 39.9 Å². The fourth-order valence-electron chi connectivity index (χ4n) is 3.17. The molecule has 4 N–H and O–H groups in total. The van der Waals surface area contributed by atoms with E-state index in [1.54, 1.807) is 7.11 Å². The van der Waals surface area contributed by atoms with Gasteiger partial charge in [-0.25, -0.2) is 9.97 Å². The molecule has 2 aromatic heterocycles. The van der Waals surface area contributed by atoms with E-state index in [9.17, 15) is 0 Å². The Morgan fingerprint density at radius 1 is 1.18 bits per heavy atom. The molecule has 0 fully saturated rings. The topological polar surface area (TPSA) is 90.0 Å². The summed E-state index contributed by atoms with van der Waals surface area (Å²) in [5.74, 6) is 2.24. The largest absolute Gasteiger partial charge is 0.497 e. The Morgan fingerprint density at radius 2 is 1.89 bits per heavy atom. The number of nitrogens with zero attached hydrogens (tertiary/aromatic N) is 3. The number of hydrogen-bond acceptors (Lipinski definition) is 5. The van der Waals surface area contributed by atoms with Crippen molar-refractivity contribution in [1.29, 1.82) is 0 Å². The molecular weight excluding hydrogens is 372 g/mol. The van der Waals surface area contributed by atoms with Gasteiger partial charge in [-0.2, -0.15) is 0 Å². The van der Waals surface area contributed by atoms with Crippen LogP contribution < -0.4 is 21.1 Å². The van der Waals surface area contributed by atoms with E-state index in [4.69, 9.17) is 22.7 Å². The number of ether oxygens (including phenoxy) is 1. The minimum absolute atomic E-state index is 0.489. The molecule has 0 aliphatic rings. The van der Waals surface area contributed by atoms with Gasteiger partial charge in [-0.05, 0) is 69.2 Å². The van der Waals surface area contributed by atoms with E-state index >= 15 is 0 Å². The van der Waals surface area contributed by atoms with Crippen LogP contribution in [-0.4, -0.2) is 33.3 Å². The van der Waals surface area contributed by atoms with Crippen LogP contribution in [0.2, 0.25) is 0 Å². The number of anilines is 2. The number of thiocarbonyl (C=S) groups is 1. The second kappa shape index (κ2) is 8.43. The Hall–Kier alpha value is -2.87. The summed E-state index contributed by atoms with van der Waals surface area (Å²) >= 11 is 5.37. The van der Waals surface area contributed by atoms with E-state index in [1.165, 1.54) is 0 Å². The molecule has 0 amide bonds. The van der Waals surface area contributed by atoms with Crippen LogP contribution in [0.15, 0.2) is 24.3 Å². The summed E-state index contributed by atoms with van der Waals surface area (Å²) < 4.78 is 7.36. The van der Waals surface area contributed by atoms with E-state index in [1.807, 2.05) is 38.1 Å². The summed E-state index contributed by atoms with van der Waals surface area (Å²) in [6.07, 6.45) is 0.900. The van der Waals surface area contributed by atoms with E-state index < -0.39 is 0 Å². The minimum Gasteiger partial charge on any atom is -0.497 e. The van der Waals surface area contributed by atoms with Crippen molar-refractivity contribution < 1.29 is 4.74 Å². The van der Waals surface area contributed by atoms with Gasteiger partial charge in [0.1, 0.15) is 17.1 Å². The van der Waals surface area contributed by atoms with Crippen molar-refractivity contribution in [2.75, 3.05) is 24.7 Å². The lowest BCUT2D eigenvalue weighted by Gasteiger charge is -2.13. The molecule has 0 bridgehead atoms. The van der Waals surface area contributed by atoms with Gasteiger partial charge in [0.15, 0.2) is 10.9 Å². The molecule has 3 aromatic rings. The molecule has 0 radical (unpaired) electrons. The van der Waals surface area contributed by atoms with Crippen LogP contribution in [-0.2, 0) is 6.54 Å². The van der Waals surface area contributed by atoms with Crippen LogP contribution in [0.5, 0.6) is 5.75 Å². The molecule has 28 heavy (non-hydrogen) atoms. The van der Waals surface area contributed by atoms with Gasteiger partial charge >= 0.3 is 0 Å². The van der Waals surface area contributed by atoms with E-state index in [0.29, 0.717) is 10.9 Å². The highest BCUT2D eigenvalue weighted by Crippen LogP contribution is 2.25. The molecular formula is C20H26N6OS. The van der Waals surface area contributed by atoms with E-state index in [0.717, 1.165) is 59.1 Å². The first-order chi connectivity index (χ1) is 13.4. The average molecular weight is 399 g/mol. The Labute approximate surface area is 170 Å². The molecule has 1 aromatic carbocycles. The van der Waals surface area contributed by atoms with Crippen molar-refractivity contribution in [1.82, 2.24) is 19.9 Å². The van der Waals surface area contributed by atoms with Crippen molar-refractivity contribution in [3.05, 3.63) is 41.3 Å². The average Bonchev–Trinajstić information content (AvgIpc) is 3.01. The molecule has 0 aliphatic carbocycles. The Morgan fingerprint density at radius 3 is 2.57 bits per heavy atom. The summed E-state index contributed by atoms with van der Waals surface area (Å²) in [4.78, 5) is 8.99. The quantitative estimate of drug-likeness (QED) is 0.433. The maximum Gasteiger partial charge on any atom is 0.170 e. The third-order valence-electron chi connectivity index (χ3n) is 4.78.